The van der Waals surface area contributed by atoms with Crippen LogP contribution >= 0.6 is 0 Å². The van der Waals surface area contributed by atoms with E-state index in [9.17, 15) is 15.0 Å². The highest BCUT2D eigenvalue weighted by atomic mass is 16.6. The molecule has 0 aliphatic heterocycles. The average Bonchev–Trinajstić information content (AvgIpc) is 3.01. The highest BCUT2D eigenvalue weighted by Gasteiger charge is 2.21. The molecule has 2 N–H and O–H groups in total. The van der Waals surface area contributed by atoms with Crippen LogP contribution in [0.25, 0.3) is 0 Å². The SMILES string of the molecule is CCCCCCCC/C=C/CCCCCCCC(=O)O[C](C=CCCCCCCCCCCCCCCCC)C(O)CO. The van der Waals surface area contributed by atoms with Gasteiger partial charge in [0.05, 0.1) is 6.61 Å². The van der Waals surface area contributed by atoms with E-state index in [1.807, 2.05) is 6.08 Å². The van der Waals surface area contributed by atoms with Crippen molar-refractivity contribution in [3.8, 4) is 0 Å². The molecule has 0 aliphatic carbocycles. The first-order valence-electron chi connectivity index (χ1n) is 18.8. The van der Waals surface area contributed by atoms with Crippen molar-refractivity contribution in [2.75, 3.05) is 6.61 Å². The van der Waals surface area contributed by atoms with E-state index in [1.165, 1.54) is 141 Å². The molecule has 0 aromatic heterocycles. The van der Waals surface area contributed by atoms with Gasteiger partial charge in [0.2, 0.25) is 6.10 Å². The molecule has 0 amide bonds. The molecule has 0 fully saturated rings. The molecule has 0 aromatic carbocycles. The summed E-state index contributed by atoms with van der Waals surface area (Å²) in [6.45, 7) is 4.09. The second-order valence-electron chi connectivity index (χ2n) is 12.7. The maximum absolute atomic E-state index is 12.3. The number of aliphatic hydroxyl groups excluding tert-OH is 2. The molecule has 0 bridgehead atoms. The first-order chi connectivity index (χ1) is 21.2. The molecule has 0 spiro atoms. The predicted octanol–water partition coefficient (Wildman–Crippen LogP) is 11.9. The van der Waals surface area contributed by atoms with Gasteiger partial charge in [0.25, 0.3) is 0 Å². The van der Waals surface area contributed by atoms with Crippen molar-refractivity contribution in [2.24, 2.45) is 0 Å². The van der Waals surface area contributed by atoms with Gasteiger partial charge in [-0.3, -0.25) is 4.79 Å². The quantitative estimate of drug-likeness (QED) is 0.0435. The zero-order valence-corrected chi connectivity index (χ0v) is 28.8. The summed E-state index contributed by atoms with van der Waals surface area (Å²) in [4.78, 5) is 12.3. The summed E-state index contributed by atoms with van der Waals surface area (Å²) in [5.74, 6) is -0.318. The number of unbranched alkanes of at least 4 members (excludes halogenated alkanes) is 25. The lowest BCUT2D eigenvalue weighted by Gasteiger charge is -2.17. The van der Waals surface area contributed by atoms with E-state index in [-0.39, 0.29) is 12.1 Å². The van der Waals surface area contributed by atoms with E-state index < -0.39 is 12.7 Å². The van der Waals surface area contributed by atoms with Crippen molar-refractivity contribution in [1.29, 1.82) is 0 Å². The van der Waals surface area contributed by atoms with Gasteiger partial charge in [-0.2, -0.15) is 0 Å². The van der Waals surface area contributed by atoms with Crippen LogP contribution in [0.4, 0.5) is 0 Å². The van der Waals surface area contributed by atoms with Gasteiger partial charge in [0, 0.05) is 6.42 Å². The van der Waals surface area contributed by atoms with Crippen LogP contribution in [-0.4, -0.2) is 28.9 Å². The first-order valence-corrected chi connectivity index (χ1v) is 18.8. The Balaban J connectivity index is 3.73. The highest BCUT2D eigenvalue weighted by Crippen LogP contribution is 2.17. The zero-order chi connectivity index (χ0) is 31.5. The number of carbonyl (C=O) groups is 1. The largest absolute Gasteiger partial charge is 0.447 e. The van der Waals surface area contributed by atoms with E-state index in [0.717, 1.165) is 38.5 Å². The van der Waals surface area contributed by atoms with Gasteiger partial charge in [0.15, 0.2) is 0 Å². The van der Waals surface area contributed by atoms with Crippen molar-refractivity contribution in [3.05, 3.63) is 30.4 Å². The Bertz CT molecular complexity index is 614. The number of esters is 1. The van der Waals surface area contributed by atoms with Gasteiger partial charge in [-0.1, -0.05) is 167 Å². The number of allylic oxidation sites excluding steroid dienone is 3. The molecule has 0 aliphatic rings. The predicted molar refractivity (Wildman–Crippen MR) is 186 cm³/mol. The molecule has 0 aromatic rings. The topological polar surface area (TPSA) is 66.8 Å². The van der Waals surface area contributed by atoms with Crippen LogP contribution in [0.3, 0.4) is 0 Å². The second-order valence-corrected chi connectivity index (χ2v) is 12.7. The van der Waals surface area contributed by atoms with Gasteiger partial charge in [-0.25, -0.2) is 0 Å². The summed E-state index contributed by atoms with van der Waals surface area (Å²) in [6, 6.07) is 0. The molecule has 0 saturated carbocycles. The van der Waals surface area contributed by atoms with E-state index >= 15 is 0 Å². The van der Waals surface area contributed by atoms with Crippen LogP contribution in [0.5, 0.6) is 0 Å². The summed E-state index contributed by atoms with van der Waals surface area (Å²) < 4.78 is 5.42. The fourth-order valence-corrected chi connectivity index (χ4v) is 5.48. The maximum Gasteiger partial charge on any atom is 0.306 e. The third-order valence-electron chi connectivity index (χ3n) is 8.38. The standard InChI is InChI=1S/C39H73O4/c1-3-5-7-9-11-13-15-17-19-21-22-24-26-28-30-32-34-38(37(41)36-40)43-39(42)35-33-31-29-27-25-23-20-18-16-14-12-10-8-6-4-2/h18,20,32,34,37,40-41H,3-17,19,21-31,33,35-36H2,1-2H3/b20-18+,34-32?. The third-order valence-corrected chi connectivity index (χ3v) is 8.38. The Labute approximate surface area is 268 Å². The van der Waals surface area contributed by atoms with Crippen LogP contribution in [0.1, 0.15) is 200 Å². The number of hydrogen-bond acceptors (Lipinski definition) is 4. The minimum atomic E-state index is -1.15. The lowest BCUT2D eigenvalue weighted by Crippen LogP contribution is -2.25. The Kier molecular flexibility index (Phi) is 34.4. The molecule has 0 saturated heterocycles. The molecule has 253 valence electrons. The summed E-state index contributed by atoms with van der Waals surface area (Å²) >= 11 is 0. The zero-order valence-electron chi connectivity index (χ0n) is 28.8. The Morgan fingerprint density at radius 2 is 0.884 bits per heavy atom. The van der Waals surface area contributed by atoms with E-state index in [2.05, 4.69) is 26.0 Å². The smallest absolute Gasteiger partial charge is 0.306 e. The molecular formula is C39H73O4. The monoisotopic (exact) mass is 606 g/mol. The van der Waals surface area contributed by atoms with Crippen LogP contribution in [0.15, 0.2) is 24.3 Å². The van der Waals surface area contributed by atoms with E-state index in [0.29, 0.717) is 6.42 Å². The molecule has 1 unspecified atom stereocenters. The van der Waals surface area contributed by atoms with Crippen molar-refractivity contribution < 1.29 is 19.7 Å². The molecule has 1 atom stereocenters. The van der Waals surface area contributed by atoms with Crippen LogP contribution in [0.2, 0.25) is 0 Å². The van der Waals surface area contributed by atoms with Crippen LogP contribution < -0.4 is 0 Å². The Hall–Kier alpha value is -1.13. The second kappa shape index (κ2) is 35.4. The molecule has 0 heterocycles. The highest BCUT2D eigenvalue weighted by molar-refractivity contribution is 5.70. The molecule has 4 heteroatoms. The first kappa shape index (κ1) is 41.9. The van der Waals surface area contributed by atoms with Crippen molar-refractivity contribution >= 4 is 5.97 Å². The number of hydrogen-bond donors (Lipinski definition) is 2. The van der Waals surface area contributed by atoms with Gasteiger partial charge in [-0.15, -0.1) is 0 Å². The number of rotatable bonds is 34. The van der Waals surface area contributed by atoms with Crippen molar-refractivity contribution in [2.45, 2.75) is 206 Å². The Morgan fingerprint density at radius 3 is 1.28 bits per heavy atom. The normalized spacial score (nSPS) is 12.7. The van der Waals surface area contributed by atoms with Gasteiger partial charge in [0.1, 0.15) is 6.10 Å². The summed E-state index contributed by atoms with van der Waals surface area (Å²) in [5, 5.41) is 19.4. The van der Waals surface area contributed by atoms with Crippen molar-refractivity contribution in [3.63, 3.8) is 0 Å². The fourth-order valence-electron chi connectivity index (χ4n) is 5.48. The molecular weight excluding hydrogens is 532 g/mol. The molecule has 43 heavy (non-hydrogen) atoms. The van der Waals surface area contributed by atoms with E-state index in [4.69, 9.17) is 4.74 Å². The summed E-state index contributed by atoms with van der Waals surface area (Å²) in [7, 11) is 0. The van der Waals surface area contributed by atoms with Crippen LogP contribution in [-0.2, 0) is 9.53 Å². The minimum Gasteiger partial charge on any atom is -0.447 e. The number of ether oxygens (including phenoxy) is 1. The summed E-state index contributed by atoms with van der Waals surface area (Å²) in [6.07, 6.45) is 43.2. The van der Waals surface area contributed by atoms with Gasteiger partial charge < -0.3 is 14.9 Å². The van der Waals surface area contributed by atoms with Gasteiger partial charge >= 0.3 is 5.97 Å². The van der Waals surface area contributed by atoms with Crippen LogP contribution in [0, 0.1) is 6.10 Å². The molecule has 0 rings (SSSR count). The van der Waals surface area contributed by atoms with Gasteiger partial charge in [-0.05, 0) is 51.0 Å². The average molecular weight is 606 g/mol. The maximum atomic E-state index is 12.3. The van der Waals surface area contributed by atoms with Crippen molar-refractivity contribution in [1.82, 2.24) is 0 Å². The summed E-state index contributed by atoms with van der Waals surface area (Å²) in [5.41, 5.74) is 0. The number of carbonyl (C=O) groups excluding carboxylic acids is 1. The fraction of sp³-hybridized carbons (Fsp3) is 0.846. The molecule has 4 nitrogen and oxygen atoms in total. The molecule has 1 radical (unpaired) electrons. The minimum absolute atomic E-state index is 0.172. The lowest BCUT2D eigenvalue weighted by molar-refractivity contribution is -0.144. The number of aliphatic hydroxyl groups is 2. The Morgan fingerprint density at radius 1 is 0.535 bits per heavy atom. The van der Waals surface area contributed by atoms with E-state index in [1.54, 1.807) is 6.08 Å². The third kappa shape index (κ3) is 32.1. The lowest BCUT2D eigenvalue weighted by atomic mass is 10.0.